The van der Waals surface area contributed by atoms with Crippen molar-refractivity contribution in [2.24, 2.45) is 0 Å². The van der Waals surface area contributed by atoms with E-state index in [1.165, 1.54) is 0 Å². The molecule has 5 heteroatoms. The first-order valence-corrected chi connectivity index (χ1v) is 17.8. The summed E-state index contributed by atoms with van der Waals surface area (Å²) in [7, 11) is 0. The molecular weight excluding hydrogens is 763 g/mol. The van der Waals surface area contributed by atoms with E-state index in [4.69, 9.17) is 0 Å². The Hall–Kier alpha value is -6.64. The van der Waals surface area contributed by atoms with E-state index in [9.17, 15) is 0 Å². The molecule has 2 aromatic heterocycles. The topological polar surface area (TPSA) is 32.3 Å². The maximum atomic E-state index is 4.48. The van der Waals surface area contributed by atoms with Crippen molar-refractivity contribution in [3.8, 4) is 0 Å². The van der Waals surface area contributed by atoms with Crippen LogP contribution in [-0.2, 0) is 20.4 Å². The monoisotopic (exact) mass is 800 g/mol. The van der Waals surface area contributed by atoms with Gasteiger partial charge < -0.3 is 19.8 Å². The van der Waals surface area contributed by atoms with Crippen molar-refractivity contribution in [3.05, 3.63) is 253 Å². The predicted molar refractivity (Wildman–Crippen MR) is 224 cm³/mol. The predicted octanol–water partition coefficient (Wildman–Crippen LogP) is 12.8. The quantitative estimate of drug-likeness (QED) is 0.102. The van der Waals surface area contributed by atoms with Gasteiger partial charge in [0.15, 0.2) is 0 Å². The molecule has 0 bridgehead atoms. The van der Waals surface area contributed by atoms with Crippen LogP contribution in [-0.4, -0.2) is 9.97 Å². The van der Waals surface area contributed by atoms with Gasteiger partial charge in [0.2, 0.25) is 0 Å². The van der Waals surface area contributed by atoms with E-state index in [2.05, 4.69) is 141 Å². The van der Waals surface area contributed by atoms with Gasteiger partial charge in [0.25, 0.3) is 0 Å². The van der Waals surface area contributed by atoms with Crippen molar-refractivity contribution >= 4 is 46.3 Å². The first kappa shape index (κ1) is 38.1. The van der Waals surface area contributed by atoms with Crippen LogP contribution in [0.4, 0.5) is 34.1 Å². The van der Waals surface area contributed by atoms with Gasteiger partial charge in [0, 0.05) is 46.5 Å². The van der Waals surface area contributed by atoms with E-state index < -0.39 is 0 Å². The number of aromatic nitrogens is 2. The number of para-hydroxylation sites is 4. The molecule has 0 aliphatic heterocycles. The summed E-state index contributed by atoms with van der Waals surface area (Å²) in [6.45, 7) is 0. The summed E-state index contributed by atoms with van der Waals surface area (Å²) in [6, 6.07) is 69.8. The average molecular weight is 801 g/mol. The van der Waals surface area contributed by atoms with Crippen molar-refractivity contribution < 1.29 is 20.4 Å². The van der Waals surface area contributed by atoms with E-state index in [1.807, 2.05) is 122 Å². The van der Waals surface area contributed by atoms with E-state index >= 15 is 0 Å². The van der Waals surface area contributed by atoms with E-state index in [1.54, 1.807) is 0 Å². The van der Waals surface area contributed by atoms with Gasteiger partial charge in [-0.25, -0.2) is 0 Å². The van der Waals surface area contributed by atoms with Gasteiger partial charge >= 0.3 is 20.4 Å². The van der Waals surface area contributed by atoms with Crippen LogP contribution in [0.3, 0.4) is 0 Å². The maximum Gasteiger partial charge on any atom is 2.00 e. The molecule has 8 aromatic rings. The third-order valence-corrected chi connectivity index (χ3v) is 8.42. The molecule has 0 aliphatic rings. The molecule has 0 amide bonds. The second-order valence-electron chi connectivity index (χ2n) is 12.2. The zero-order valence-corrected chi connectivity index (χ0v) is 31.6. The fourth-order valence-electron chi connectivity index (χ4n) is 5.90. The molecule has 8 rings (SSSR count). The third kappa shape index (κ3) is 10.7. The van der Waals surface area contributed by atoms with Crippen LogP contribution in [0.25, 0.3) is 12.2 Å². The van der Waals surface area contributed by atoms with Crippen LogP contribution in [0, 0.1) is 12.2 Å². The number of pyridine rings is 2. The van der Waals surface area contributed by atoms with E-state index in [0.29, 0.717) is 0 Å². The van der Waals surface area contributed by atoms with E-state index in [-0.39, 0.29) is 20.4 Å². The molecule has 4 nitrogen and oxygen atoms in total. The first-order chi connectivity index (χ1) is 26.8. The van der Waals surface area contributed by atoms with Gasteiger partial charge in [0.05, 0.1) is 0 Å². The summed E-state index contributed by atoms with van der Waals surface area (Å²) in [5.74, 6) is 0. The number of nitrogens with zero attached hydrogens (tertiary/aromatic N) is 4. The molecule has 0 unspecified atom stereocenters. The van der Waals surface area contributed by atoms with Crippen LogP contribution < -0.4 is 9.80 Å². The Balaban J connectivity index is 0.000000184. The maximum absolute atomic E-state index is 4.48. The van der Waals surface area contributed by atoms with Crippen molar-refractivity contribution in [1.29, 1.82) is 0 Å². The molecule has 0 N–H and O–H groups in total. The van der Waals surface area contributed by atoms with Crippen molar-refractivity contribution in [3.63, 3.8) is 0 Å². The largest absolute Gasteiger partial charge is 2.00 e. The van der Waals surface area contributed by atoms with Gasteiger partial charge in [-0.3, -0.25) is 0 Å². The van der Waals surface area contributed by atoms with Crippen LogP contribution >= 0.6 is 0 Å². The molecule has 0 saturated heterocycles. The second-order valence-corrected chi connectivity index (χ2v) is 12.2. The summed E-state index contributed by atoms with van der Waals surface area (Å²) >= 11 is 0. The molecule has 0 saturated carbocycles. The zero-order valence-electron chi connectivity index (χ0n) is 30.0. The van der Waals surface area contributed by atoms with Crippen LogP contribution in [0.1, 0.15) is 22.5 Å². The molecular formula is C50H38N4Pd. The molecule has 55 heavy (non-hydrogen) atoms. The Morgan fingerprint density at radius 2 is 0.600 bits per heavy atom. The van der Waals surface area contributed by atoms with Crippen LogP contribution in [0.2, 0.25) is 0 Å². The summed E-state index contributed by atoms with van der Waals surface area (Å²) < 4.78 is 0. The third-order valence-electron chi connectivity index (χ3n) is 8.42. The summed E-state index contributed by atoms with van der Waals surface area (Å²) in [6.07, 6.45) is 14.1. The molecule has 2 heterocycles. The number of benzene rings is 6. The van der Waals surface area contributed by atoms with Gasteiger partial charge in [0.1, 0.15) is 0 Å². The summed E-state index contributed by atoms with van der Waals surface area (Å²) in [5, 5.41) is 0. The molecule has 0 fully saturated rings. The molecule has 0 spiro atoms. The second kappa shape index (κ2) is 20.0. The van der Waals surface area contributed by atoms with Gasteiger partial charge in [-0.1, -0.05) is 97.1 Å². The standard InChI is InChI=1S/2C25H19N2.Pd/c2*1-4-10-21(11-5-1)16-17-22-20-25(18-19-26-22)27(23-12-6-2-7-13-23)24-14-8-3-9-15-24;/h2*1-15,17-20H;/q2*-1;+2. The van der Waals surface area contributed by atoms with Crippen molar-refractivity contribution in [2.75, 3.05) is 9.80 Å². The van der Waals surface area contributed by atoms with Gasteiger partial charge in [-0.2, -0.15) is 0 Å². The van der Waals surface area contributed by atoms with Gasteiger partial charge in [-0.05, 0) is 72.1 Å². The summed E-state index contributed by atoms with van der Waals surface area (Å²) in [5.41, 5.74) is 10.4. The van der Waals surface area contributed by atoms with Crippen LogP contribution in [0.15, 0.2) is 219 Å². The SMILES string of the molecule is [C-](=Cc1cc(N(c2ccccc2)c2ccccc2)ccn1)c1ccccc1.[C-](=Cc1cc(N(c2ccccc2)c2ccccc2)ccn1)c1ccccc1.[Pd+2]. The fraction of sp³-hybridized carbons (Fsp3) is 0. The minimum absolute atomic E-state index is 0. The molecule has 6 aromatic carbocycles. The Morgan fingerprint density at radius 1 is 0.327 bits per heavy atom. The fourth-order valence-corrected chi connectivity index (χ4v) is 5.90. The molecule has 0 aliphatic carbocycles. The van der Waals surface area contributed by atoms with Crippen molar-refractivity contribution in [1.82, 2.24) is 9.97 Å². The molecule has 0 atom stereocenters. The van der Waals surface area contributed by atoms with Crippen molar-refractivity contribution in [2.45, 2.75) is 0 Å². The molecule has 268 valence electrons. The Kier molecular flexibility index (Phi) is 13.8. The number of hydrogen-bond acceptors (Lipinski definition) is 4. The van der Waals surface area contributed by atoms with E-state index in [0.717, 1.165) is 56.6 Å². The average Bonchev–Trinajstić information content (AvgIpc) is 3.25. The first-order valence-electron chi connectivity index (χ1n) is 17.8. The normalized spacial score (nSPS) is 10.6. The molecule has 0 radical (unpaired) electrons. The number of rotatable bonds is 10. The van der Waals surface area contributed by atoms with Crippen LogP contribution in [0.5, 0.6) is 0 Å². The Morgan fingerprint density at radius 3 is 0.891 bits per heavy atom. The zero-order chi connectivity index (χ0) is 36.6. The minimum Gasteiger partial charge on any atom is -0.311 e. The minimum atomic E-state index is 0. The smallest absolute Gasteiger partial charge is 0.311 e. The van der Waals surface area contributed by atoms with Gasteiger partial charge in [-0.15, -0.1) is 84.0 Å². The number of hydrogen-bond donors (Lipinski definition) is 0. The Labute approximate surface area is 338 Å². The Bertz CT molecular complexity index is 2120. The summed E-state index contributed by atoms with van der Waals surface area (Å²) in [4.78, 5) is 13.4. The number of anilines is 6.